The van der Waals surface area contributed by atoms with Crippen molar-refractivity contribution in [1.29, 1.82) is 0 Å². The van der Waals surface area contributed by atoms with Gasteiger partial charge in [0.05, 0.1) is 12.2 Å². The zero-order valence-electron chi connectivity index (χ0n) is 9.55. The van der Waals surface area contributed by atoms with Crippen LogP contribution in [0.15, 0.2) is 12.2 Å². The van der Waals surface area contributed by atoms with Gasteiger partial charge in [0.25, 0.3) is 0 Å². The first-order chi connectivity index (χ1) is 7.57. The molecule has 0 N–H and O–H groups in total. The number of hydrogen-bond acceptors (Lipinski definition) is 3. The van der Waals surface area contributed by atoms with Gasteiger partial charge in [0.2, 0.25) is 0 Å². The Kier molecular flexibility index (Phi) is 1.52. The van der Waals surface area contributed by atoms with Crippen molar-refractivity contribution in [2.75, 3.05) is 0 Å². The zero-order chi connectivity index (χ0) is 11.1. The maximum absolute atomic E-state index is 12.0. The number of hydrogen-bond donors (Lipinski definition) is 0. The summed E-state index contributed by atoms with van der Waals surface area (Å²) in [6.45, 7) is 3.93. The van der Waals surface area contributed by atoms with Gasteiger partial charge < -0.3 is 9.47 Å². The summed E-state index contributed by atoms with van der Waals surface area (Å²) in [6.07, 6.45) is 5.54. The number of Topliss-reactive ketones (excluding diaryl/α,β-unsaturated/α-hetero) is 1. The topological polar surface area (TPSA) is 35.5 Å². The minimum Gasteiger partial charge on any atom is -0.345 e. The van der Waals surface area contributed by atoms with Crippen molar-refractivity contribution < 1.29 is 14.3 Å². The van der Waals surface area contributed by atoms with Crippen LogP contribution in [0.5, 0.6) is 0 Å². The minimum absolute atomic E-state index is 0.113. The molecule has 0 aromatic heterocycles. The fourth-order valence-corrected chi connectivity index (χ4v) is 4.22. The molecule has 6 atom stereocenters. The highest BCUT2D eigenvalue weighted by Gasteiger charge is 2.63. The van der Waals surface area contributed by atoms with Crippen LogP contribution in [-0.4, -0.2) is 23.8 Å². The minimum atomic E-state index is -0.463. The molecule has 2 bridgehead atoms. The molecular weight excluding hydrogens is 204 g/mol. The first-order valence-corrected chi connectivity index (χ1v) is 6.14. The van der Waals surface area contributed by atoms with Crippen molar-refractivity contribution in [2.24, 2.45) is 23.7 Å². The van der Waals surface area contributed by atoms with Crippen LogP contribution in [0.3, 0.4) is 0 Å². The predicted molar refractivity (Wildman–Crippen MR) is 56.5 cm³/mol. The molecule has 86 valence electrons. The van der Waals surface area contributed by atoms with Crippen molar-refractivity contribution >= 4 is 5.78 Å². The van der Waals surface area contributed by atoms with E-state index in [1.54, 1.807) is 0 Å². The van der Waals surface area contributed by atoms with E-state index in [2.05, 4.69) is 12.2 Å². The predicted octanol–water partition coefficient (Wildman–Crippen LogP) is 1.53. The number of ketones is 1. The number of rotatable bonds is 0. The molecule has 1 heterocycles. The van der Waals surface area contributed by atoms with Crippen LogP contribution in [0.25, 0.3) is 0 Å². The quantitative estimate of drug-likeness (QED) is 0.581. The van der Waals surface area contributed by atoms with Crippen molar-refractivity contribution in [3.63, 3.8) is 0 Å². The van der Waals surface area contributed by atoms with Gasteiger partial charge in [-0.15, -0.1) is 0 Å². The van der Waals surface area contributed by atoms with E-state index < -0.39 is 5.79 Å². The molecule has 3 nitrogen and oxygen atoms in total. The fraction of sp³-hybridized carbons (Fsp3) is 0.769. The average molecular weight is 220 g/mol. The third kappa shape index (κ3) is 0.944. The Morgan fingerprint density at radius 2 is 2.00 bits per heavy atom. The average Bonchev–Trinajstić information content (AvgIpc) is 2.83. The molecule has 0 aromatic rings. The highest BCUT2D eigenvalue weighted by atomic mass is 16.8. The third-order valence-corrected chi connectivity index (χ3v) is 4.66. The number of fused-ring (bicyclic) bond motifs is 7. The summed E-state index contributed by atoms with van der Waals surface area (Å²) in [6, 6.07) is 0. The van der Waals surface area contributed by atoms with Gasteiger partial charge in [-0.25, -0.2) is 0 Å². The molecule has 4 rings (SSSR count). The normalized spacial score (nSPS) is 55.8. The number of carbonyl (C=O) groups is 1. The maximum atomic E-state index is 12.0. The second-order valence-corrected chi connectivity index (χ2v) is 5.95. The van der Waals surface area contributed by atoms with Crippen molar-refractivity contribution in [2.45, 2.75) is 38.3 Å². The summed E-state index contributed by atoms with van der Waals surface area (Å²) in [5, 5.41) is 0. The summed E-state index contributed by atoms with van der Waals surface area (Å²) < 4.78 is 11.9. The van der Waals surface area contributed by atoms with E-state index in [0.717, 1.165) is 6.42 Å². The molecule has 3 aliphatic carbocycles. The Balaban J connectivity index is 1.70. The lowest BCUT2D eigenvalue weighted by Crippen LogP contribution is -2.30. The lowest BCUT2D eigenvalue weighted by molar-refractivity contribution is -0.160. The van der Waals surface area contributed by atoms with Crippen molar-refractivity contribution in [3.8, 4) is 0 Å². The summed E-state index contributed by atoms with van der Waals surface area (Å²) in [5.41, 5.74) is 0. The molecule has 0 amide bonds. The van der Waals surface area contributed by atoms with Gasteiger partial charge >= 0.3 is 0 Å². The van der Waals surface area contributed by atoms with Crippen LogP contribution < -0.4 is 0 Å². The molecule has 3 heteroatoms. The van der Waals surface area contributed by atoms with E-state index in [9.17, 15) is 4.79 Å². The monoisotopic (exact) mass is 220 g/mol. The van der Waals surface area contributed by atoms with Gasteiger partial charge in [0.1, 0.15) is 5.78 Å². The highest BCUT2D eigenvalue weighted by Crippen LogP contribution is 2.57. The molecule has 0 unspecified atom stereocenters. The van der Waals surface area contributed by atoms with E-state index in [1.165, 1.54) is 0 Å². The number of ether oxygens (including phenoxy) is 2. The lowest BCUT2D eigenvalue weighted by atomic mass is 9.85. The molecule has 0 spiro atoms. The fourth-order valence-electron chi connectivity index (χ4n) is 4.22. The molecule has 16 heavy (non-hydrogen) atoms. The van der Waals surface area contributed by atoms with Gasteiger partial charge in [-0.05, 0) is 26.2 Å². The molecule has 2 saturated carbocycles. The van der Waals surface area contributed by atoms with E-state index in [-0.39, 0.29) is 24.0 Å². The van der Waals surface area contributed by atoms with Crippen molar-refractivity contribution in [1.82, 2.24) is 0 Å². The van der Waals surface area contributed by atoms with Crippen LogP contribution in [0.1, 0.15) is 20.3 Å². The summed E-state index contributed by atoms with van der Waals surface area (Å²) in [7, 11) is 0. The third-order valence-electron chi connectivity index (χ3n) is 4.66. The second-order valence-electron chi connectivity index (χ2n) is 5.95. The van der Waals surface area contributed by atoms with E-state index in [0.29, 0.717) is 17.6 Å². The van der Waals surface area contributed by atoms with Gasteiger partial charge in [-0.3, -0.25) is 4.79 Å². The first-order valence-electron chi connectivity index (χ1n) is 6.14. The number of carbonyl (C=O) groups excluding carboxylic acids is 1. The van der Waals surface area contributed by atoms with Gasteiger partial charge in [0, 0.05) is 17.8 Å². The molecule has 0 radical (unpaired) electrons. The van der Waals surface area contributed by atoms with Crippen molar-refractivity contribution in [3.05, 3.63) is 12.2 Å². The Hall–Kier alpha value is -0.670. The van der Waals surface area contributed by atoms with Crippen LogP contribution in [-0.2, 0) is 14.3 Å². The molecular formula is C13H16O3. The maximum Gasteiger partial charge on any atom is 0.163 e. The zero-order valence-corrected chi connectivity index (χ0v) is 9.55. The molecule has 3 fully saturated rings. The van der Waals surface area contributed by atoms with Crippen LogP contribution in [0.4, 0.5) is 0 Å². The number of allylic oxidation sites excluding steroid dienone is 2. The SMILES string of the molecule is CC1(C)O[C@@H]2[C@@H]3[C@H](C[C@@H]2O1)[C@@H]1C=C[C@H]3C1=O. The molecule has 1 aliphatic heterocycles. The van der Waals surface area contributed by atoms with Gasteiger partial charge in [-0.2, -0.15) is 0 Å². The summed E-state index contributed by atoms with van der Waals surface area (Å²) in [4.78, 5) is 12.0. The smallest absolute Gasteiger partial charge is 0.163 e. The van der Waals surface area contributed by atoms with Crippen LogP contribution in [0, 0.1) is 23.7 Å². The second kappa shape index (κ2) is 2.59. The molecule has 0 aromatic carbocycles. The van der Waals surface area contributed by atoms with Gasteiger partial charge in [0.15, 0.2) is 5.79 Å². The largest absolute Gasteiger partial charge is 0.345 e. The van der Waals surface area contributed by atoms with Crippen LogP contribution in [0.2, 0.25) is 0 Å². The van der Waals surface area contributed by atoms with E-state index in [4.69, 9.17) is 9.47 Å². The van der Waals surface area contributed by atoms with E-state index >= 15 is 0 Å². The standard InChI is InChI=1S/C13H16O3/c1-13(2)15-9-5-8-6-3-4-7(11(6)14)10(8)12(9)16-13/h3-4,6-10,12H,5H2,1-2H3/t6-,7+,8+,9-,10-,12-/m0/s1. The summed E-state index contributed by atoms with van der Waals surface area (Å²) in [5.74, 6) is 1.09. The Morgan fingerprint density at radius 3 is 2.81 bits per heavy atom. The van der Waals surface area contributed by atoms with Gasteiger partial charge in [-0.1, -0.05) is 12.2 Å². The lowest BCUT2D eigenvalue weighted by Gasteiger charge is -2.26. The summed E-state index contributed by atoms with van der Waals surface area (Å²) >= 11 is 0. The Labute approximate surface area is 94.8 Å². The van der Waals surface area contributed by atoms with Crippen LogP contribution >= 0.6 is 0 Å². The Bertz CT molecular complexity index is 398. The molecule has 4 aliphatic rings. The van der Waals surface area contributed by atoms with E-state index in [1.807, 2.05) is 13.8 Å². The Morgan fingerprint density at radius 1 is 1.25 bits per heavy atom. The first kappa shape index (κ1) is 9.37. The molecule has 1 saturated heterocycles. The highest BCUT2D eigenvalue weighted by molar-refractivity contribution is 5.92.